The number of fused-ring (bicyclic) bond motifs is 1. The summed E-state index contributed by atoms with van der Waals surface area (Å²) >= 11 is 0. The SMILES string of the molecule is Cc1[nH]c2ccccc2c1CC(=O)N(C)[C@@H]1CCC[C@H]1S(C)(=O)=O. The number of H-pyrrole nitrogens is 1. The van der Waals surface area contributed by atoms with Crippen molar-refractivity contribution in [2.45, 2.75) is 43.9 Å². The lowest BCUT2D eigenvalue weighted by Crippen LogP contribution is -2.45. The van der Waals surface area contributed by atoms with Crippen molar-refractivity contribution in [1.82, 2.24) is 9.88 Å². The van der Waals surface area contributed by atoms with Gasteiger partial charge in [-0.3, -0.25) is 4.79 Å². The molecule has 1 aliphatic carbocycles. The Morgan fingerprint density at radius 2 is 2.00 bits per heavy atom. The summed E-state index contributed by atoms with van der Waals surface area (Å²) in [5.41, 5.74) is 3.01. The van der Waals surface area contributed by atoms with Gasteiger partial charge in [0.05, 0.1) is 11.7 Å². The van der Waals surface area contributed by atoms with Crippen LogP contribution in [0.4, 0.5) is 0 Å². The van der Waals surface area contributed by atoms with Gasteiger partial charge in [0.2, 0.25) is 5.91 Å². The minimum atomic E-state index is -3.14. The lowest BCUT2D eigenvalue weighted by molar-refractivity contribution is -0.131. The number of rotatable bonds is 4. The van der Waals surface area contributed by atoms with Gasteiger partial charge in [-0.15, -0.1) is 0 Å². The van der Waals surface area contributed by atoms with E-state index in [1.807, 2.05) is 31.2 Å². The second-order valence-corrected chi connectivity index (χ2v) is 9.09. The van der Waals surface area contributed by atoms with Gasteiger partial charge in [0.15, 0.2) is 9.84 Å². The maximum absolute atomic E-state index is 12.8. The molecule has 5 nitrogen and oxygen atoms in total. The number of hydrogen-bond donors (Lipinski definition) is 1. The highest BCUT2D eigenvalue weighted by molar-refractivity contribution is 7.91. The van der Waals surface area contributed by atoms with Gasteiger partial charge in [-0.25, -0.2) is 8.42 Å². The predicted molar refractivity (Wildman–Crippen MR) is 95.8 cm³/mol. The number of aryl methyl sites for hydroxylation is 1. The van der Waals surface area contributed by atoms with E-state index in [9.17, 15) is 13.2 Å². The van der Waals surface area contributed by atoms with Crippen LogP contribution in [0.2, 0.25) is 0 Å². The molecular formula is C18H24N2O3S. The summed E-state index contributed by atoms with van der Waals surface area (Å²) in [6.07, 6.45) is 3.82. The number of para-hydroxylation sites is 1. The zero-order chi connectivity index (χ0) is 17.5. The normalized spacial score (nSPS) is 21.3. The number of aromatic amines is 1. The molecule has 0 bridgehead atoms. The first-order valence-electron chi connectivity index (χ1n) is 8.29. The quantitative estimate of drug-likeness (QED) is 0.922. The van der Waals surface area contributed by atoms with E-state index in [4.69, 9.17) is 0 Å². The number of benzene rings is 1. The number of hydrogen-bond acceptors (Lipinski definition) is 3. The van der Waals surface area contributed by atoms with Crippen molar-refractivity contribution in [2.75, 3.05) is 13.3 Å². The molecule has 130 valence electrons. The number of carbonyl (C=O) groups is 1. The second-order valence-electron chi connectivity index (χ2n) is 6.82. The first-order valence-corrected chi connectivity index (χ1v) is 10.2. The topological polar surface area (TPSA) is 70.2 Å². The fourth-order valence-corrected chi connectivity index (χ4v) is 5.36. The first-order chi connectivity index (χ1) is 11.3. The molecule has 0 radical (unpaired) electrons. The highest BCUT2D eigenvalue weighted by Gasteiger charge is 2.38. The molecule has 1 heterocycles. The van der Waals surface area contributed by atoms with Crippen LogP contribution in [0.1, 0.15) is 30.5 Å². The van der Waals surface area contributed by atoms with Gasteiger partial charge in [-0.2, -0.15) is 0 Å². The highest BCUT2D eigenvalue weighted by atomic mass is 32.2. The summed E-state index contributed by atoms with van der Waals surface area (Å²) in [5, 5.41) is 0.623. The molecule has 1 aromatic carbocycles. The van der Waals surface area contributed by atoms with Gasteiger partial charge in [-0.1, -0.05) is 18.2 Å². The summed E-state index contributed by atoms with van der Waals surface area (Å²) in [5.74, 6) is -0.0246. The maximum atomic E-state index is 12.8. The summed E-state index contributed by atoms with van der Waals surface area (Å²) < 4.78 is 23.9. The van der Waals surface area contributed by atoms with Gasteiger partial charge in [0, 0.05) is 35.9 Å². The lowest BCUT2D eigenvalue weighted by atomic mass is 10.1. The number of carbonyl (C=O) groups excluding carboxylic acids is 1. The molecule has 1 N–H and O–H groups in total. The van der Waals surface area contributed by atoms with Gasteiger partial charge in [0.25, 0.3) is 0 Å². The van der Waals surface area contributed by atoms with E-state index >= 15 is 0 Å². The molecule has 1 fully saturated rings. The second kappa shape index (κ2) is 6.24. The smallest absolute Gasteiger partial charge is 0.227 e. The van der Waals surface area contributed by atoms with Crippen LogP contribution in [-0.4, -0.2) is 48.8 Å². The van der Waals surface area contributed by atoms with Crippen LogP contribution in [0.5, 0.6) is 0 Å². The Bertz CT molecular complexity index is 870. The lowest BCUT2D eigenvalue weighted by Gasteiger charge is -2.29. The van der Waals surface area contributed by atoms with Gasteiger partial charge in [0.1, 0.15) is 0 Å². The molecule has 1 aromatic heterocycles. The van der Waals surface area contributed by atoms with Crippen molar-refractivity contribution >= 4 is 26.6 Å². The summed E-state index contributed by atoms with van der Waals surface area (Å²) in [6, 6.07) is 7.72. The Balaban J connectivity index is 1.83. The highest BCUT2D eigenvalue weighted by Crippen LogP contribution is 2.30. The molecule has 1 saturated carbocycles. The van der Waals surface area contributed by atoms with Crippen LogP contribution in [0.15, 0.2) is 24.3 Å². The third-order valence-electron chi connectivity index (χ3n) is 5.21. The van der Waals surface area contributed by atoms with Crippen LogP contribution in [-0.2, 0) is 21.1 Å². The van der Waals surface area contributed by atoms with Gasteiger partial charge < -0.3 is 9.88 Å². The number of aromatic nitrogens is 1. The Kier molecular flexibility index (Phi) is 4.42. The summed E-state index contributed by atoms with van der Waals surface area (Å²) in [7, 11) is -1.40. The molecule has 0 spiro atoms. The number of sulfone groups is 1. The Hall–Kier alpha value is -1.82. The summed E-state index contributed by atoms with van der Waals surface area (Å²) in [6.45, 7) is 1.97. The Labute approximate surface area is 143 Å². The van der Waals surface area contributed by atoms with Crippen molar-refractivity contribution in [3.05, 3.63) is 35.5 Å². The summed E-state index contributed by atoms with van der Waals surface area (Å²) in [4.78, 5) is 17.7. The van der Waals surface area contributed by atoms with Crippen molar-refractivity contribution in [1.29, 1.82) is 0 Å². The van der Waals surface area contributed by atoms with Gasteiger partial charge in [-0.05, 0) is 37.8 Å². The first kappa shape index (κ1) is 17.0. The number of nitrogens with one attached hydrogen (secondary N) is 1. The largest absolute Gasteiger partial charge is 0.358 e. The van der Waals surface area contributed by atoms with Crippen molar-refractivity contribution in [3.8, 4) is 0 Å². The van der Waals surface area contributed by atoms with Crippen molar-refractivity contribution in [3.63, 3.8) is 0 Å². The number of likely N-dealkylation sites (N-methyl/N-ethyl adjacent to an activating group) is 1. The van der Waals surface area contributed by atoms with E-state index in [-0.39, 0.29) is 11.9 Å². The molecule has 6 heteroatoms. The molecule has 0 saturated heterocycles. The average molecular weight is 348 g/mol. The zero-order valence-corrected chi connectivity index (χ0v) is 15.2. The van der Waals surface area contributed by atoms with Crippen LogP contribution in [0.25, 0.3) is 10.9 Å². The van der Waals surface area contributed by atoms with E-state index in [2.05, 4.69) is 4.98 Å². The van der Waals surface area contributed by atoms with Crippen LogP contribution in [0, 0.1) is 6.92 Å². The van der Waals surface area contributed by atoms with E-state index in [0.717, 1.165) is 35.0 Å². The molecule has 1 aliphatic rings. The Morgan fingerprint density at radius 3 is 2.71 bits per heavy atom. The molecule has 3 rings (SSSR count). The van der Waals surface area contributed by atoms with Gasteiger partial charge >= 0.3 is 0 Å². The van der Waals surface area contributed by atoms with E-state index in [1.165, 1.54) is 6.26 Å². The molecule has 0 aliphatic heterocycles. The van der Waals surface area contributed by atoms with Crippen molar-refractivity contribution < 1.29 is 13.2 Å². The van der Waals surface area contributed by atoms with Crippen molar-refractivity contribution in [2.24, 2.45) is 0 Å². The third-order valence-corrected chi connectivity index (χ3v) is 6.86. The monoisotopic (exact) mass is 348 g/mol. The fraction of sp³-hybridized carbons (Fsp3) is 0.500. The molecule has 2 atom stereocenters. The third kappa shape index (κ3) is 3.07. The standard InChI is InChI=1S/C18H24N2O3S/c1-12-14(13-7-4-5-8-15(13)19-12)11-18(21)20(2)16-9-6-10-17(16)24(3,22)23/h4-5,7-8,16-17,19H,6,9-11H2,1-3H3/t16-,17-/m1/s1. The molecule has 0 unspecified atom stereocenters. The zero-order valence-electron chi connectivity index (χ0n) is 14.4. The minimum Gasteiger partial charge on any atom is -0.358 e. The number of nitrogens with zero attached hydrogens (tertiary/aromatic N) is 1. The number of amides is 1. The van der Waals surface area contributed by atoms with Crippen LogP contribution < -0.4 is 0 Å². The van der Waals surface area contributed by atoms with E-state index in [0.29, 0.717) is 12.8 Å². The molecule has 24 heavy (non-hydrogen) atoms. The Morgan fingerprint density at radius 1 is 1.29 bits per heavy atom. The minimum absolute atomic E-state index is 0.0246. The van der Waals surface area contributed by atoms with E-state index < -0.39 is 15.1 Å². The maximum Gasteiger partial charge on any atom is 0.227 e. The molecular weight excluding hydrogens is 324 g/mol. The average Bonchev–Trinajstić information content (AvgIpc) is 3.12. The molecule has 1 amide bonds. The predicted octanol–water partition coefficient (Wildman–Crippen LogP) is 2.44. The van der Waals surface area contributed by atoms with Crippen LogP contribution >= 0.6 is 0 Å². The fourth-order valence-electron chi connectivity index (χ4n) is 3.87. The van der Waals surface area contributed by atoms with E-state index in [1.54, 1.807) is 11.9 Å². The van der Waals surface area contributed by atoms with Crippen LogP contribution in [0.3, 0.4) is 0 Å². The molecule has 2 aromatic rings.